The molecule has 1 atom stereocenters. The van der Waals surface area contributed by atoms with Crippen LogP contribution in [0.3, 0.4) is 0 Å². The van der Waals surface area contributed by atoms with E-state index in [9.17, 15) is 18.3 Å². The second-order valence-corrected chi connectivity index (χ2v) is 7.84. The number of amides is 1. The molecular weight excluding hydrogens is 316 g/mol. The van der Waals surface area contributed by atoms with Crippen molar-refractivity contribution in [1.29, 1.82) is 0 Å². The number of para-hydroxylation sites is 2. The van der Waals surface area contributed by atoms with Gasteiger partial charge in [0.2, 0.25) is 15.9 Å². The number of rotatable bonds is 6. The molecule has 1 saturated heterocycles. The van der Waals surface area contributed by atoms with Crippen molar-refractivity contribution in [2.45, 2.75) is 45.1 Å². The monoisotopic (exact) mass is 340 g/mol. The second kappa shape index (κ2) is 7.79. The van der Waals surface area contributed by atoms with Crippen molar-refractivity contribution in [3.05, 3.63) is 24.3 Å². The highest BCUT2D eigenvalue weighted by Gasteiger charge is 2.36. The highest BCUT2D eigenvalue weighted by Crippen LogP contribution is 2.26. The van der Waals surface area contributed by atoms with Gasteiger partial charge in [0, 0.05) is 6.54 Å². The largest absolute Gasteiger partial charge is 0.506 e. The molecule has 23 heavy (non-hydrogen) atoms. The Kier molecular flexibility index (Phi) is 6.01. The zero-order valence-electron chi connectivity index (χ0n) is 13.4. The third-order valence-corrected chi connectivity index (χ3v) is 5.99. The highest BCUT2D eigenvalue weighted by atomic mass is 32.2. The van der Waals surface area contributed by atoms with Gasteiger partial charge < -0.3 is 10.4 Å². The van der Waals surface area contributed by atoms with Crippen LogP contribution in [0, 0.1) is 0 Å². The Bertz CT molecular complexity index is 645. The molecule has 2 N–H and O–H groups in total. The fourth-order valence-corrected chi connectivity index (χ4v) is 4.62. The van der Waals surface area contributed by atoms with Gasteiger partial charge in [0.1, 0.15) is 11.8 Å². The lowest BCUT2D eigenvalue weighted by atomic mass is 10.0. The smallest absolute Gasteiger partial charge is 0.242 e. The Morgan fingerprint density at radius 1 is 1.35 bits per heavy atom. The maximum atomic E-state index is 12.5. The first-order valence-corrected chi connectivity index (χ1v) is 9.65. The molecule has 1 aromatic carbocycles. The number of phenolic OH excluding ortho intramolecular Hbond substituents is 1. The molecule has 1 aliphatic rings. The van der Waals surface area contributed by atoms with Crippen LogP contribution in [0.2, 0.25) is 0 Å². The first-order chi connectivity index (χ1) is 11.0. The first-order valence-electron chi connectivity index (χ1n) is 8.04. The summed E-state index contributed by atoms with van der Waals surface area (Å²) in [4.78, 5) is 12.5. The average molecular weight is 340 g/mol. The van der Waals surface area contributed by atoms with Crippen molar-refractivity contribution < 1.29 is 18.3 Å². The van der Waals surface area contributed by atoms with E-state index >= 15 is 0 Å². The summed E-state index contributed by atoms with van der Waals surface area (Å²) in [6, 6.07) is 5.72. The quantitative estimate of drug-likeness (QED) is 0.778. The number of carbonyl (C=O) groups is 1. The maximum Gasteiger partial charge on any atom is 0.242 e. The number of nitrogens with one attached hydrogen (secondary N) is 1. The number of aromatic hydroxyl groups is 1. The molecule has 128 valence electrons. The zero-order chi connectivity index (χ0) is 16.9. The summed E-state index contributed by atoms with van der Waals surface area (Å²) in [5, 5.41) is 12.4. The van der Waals surface area contributed by atoms with Crippen molar-refractivity contribution in [1.82, 2.24) is 4.31 Å². The Balaban J connectivity index is 2.14. The molecule has 1 aliphatic heterocycles. The number of sulfonamides is 1. The van der Waals surface area contributed by atoms with Gasteiger partial charge in [-0.05, 0) is 31.4 Å². The SMILES string of the molecule is CCCCS(=O)(=O)N1CCCCC1C(=O)Nc1ccccc1O. The molecule has 0 spiro atoms. The lowest BCUT2D eigenvalue weighted by Crippen LogP contribution is -2.50. The van der Waals surface area contributed by atoms with Crippen LogP contribution in [0.1, 0.15) is 39.0 Å². The lowest BCUT2D eigenvalue weighted by Gasteiger charge is -2.33. The van der Waals surface area contributed by atoms with Crippen molar-refractivity contribution in [2.24, 2.45) is 0 Å². The van der Waals surface area contributed by atoms with Crippen molar-refractivity contribution >= 4 is 21.6 Å². The molecule has 1 fully saturated rings. The number of phenols is 1. The Morgan fingerprint density at radius 2 is 2.09 bits per heavy atom. The maximum absolute atomic E-state index is 12.5. The average Bonchev–Trinajstić information content (AvgIpc) is 2.55. The Hall–Kier alpha value is -1.60. The Morgan fingerprint density at radius 3 is 2.78 bits per heavy atom. The van der Waals surface area contributed by atoms with Gasteiger partial charge in [0.15, 0.2) is 0 Å². The van der Waals surface area contributed by atoms with E-state index in [0.717, 1.165) is 19.3 Å². The van der Waals surface area contributed by atoms with Crippen LogP contribution in [-0.2, 0) is 14.8 Å². The highest BCUT2D eigenvalue weighted by molar-refractivity contribution is 7.89. The van der Waals surface area contributed by atoms with E-state index in [0.29, 0.717) is 25.1 Å². The summed E-state index contributed by atoms with van der Waals surface area (Å²) < 4.78 is 26.3. The molecule has 7 heteroatoms. The summed E-state index contributed by atoms with van der Waals surface area (Å²) in [7, 11) is -3.43. The van der Waals surface area contributed by atoms with Gasteiger partial charge in [-0.2, -0.15) is 4.31 Å². The number of carbonyl (C=O) groups excluding carboxylic acids is 1. The molecule has 0 radical (unpaired) electrons. The van der Waals surface area contributed by atoms with Gasteiger partial charge in [-0.15, -0.1) is 0 Å². The number of hydrogen-bond donors (Lipinski definition) is 2. The van der Waals surface area contributed by atoms with Gasteiger partial charge in [-0.1, -0.05) is 31.9 Å². The van der Waals surface area contributed by atoms with Crippen LogP contribution in [0.25, 0.3) is 0 Å². The lowest BCUT2D eigenvalue weighted by molar-refractivity contribution is -0.120. The molecule has 0 aromatic heterocycles. The minimum Gasteiger partial charge on any atom is -0.506 e. The van der Waals surface area contributed by atoms with Crippen LogP contribution >= 0.6 is 0 Å². The number of anilines is 1. The van der Waals surface area contributed by atoms with Gasteiger partial charge in [0.05, 0.1) is 11.4 Å². The third-order valence-electron chi connectivity index (χ3n) is 4.03. The molecule has 1 amide bonds. The van der Waals surface area contributed by atoms with Gasteiger partial charge in [-0.3, -0.25) is 4.79 Å². The molecule has 0 aliphatic carbocycles. The van der Waals surface area contributed by atoms with E-state index < -0.39 is 16.1 Å². The van der Waals surface area contributed by atoms with E-state index in [1.165, 1.54) is 10.4 Å². The van der Waals surface area contributed by atoms with Crippen LogP contribution in [0.5, 0.6) is 5.75 Å². The molecule has 1 heterocycles. The fourth-order valence-electron chi connectivity index (χ4n) is 2.74. The predicted octanol–water partition coefficient (Wildman–Crippen LogP) is 2.32. The van der Waals surface area contributed by atoms with E-state index in [1.54, 1.807) is 18.2 Å². The molecule has 0 bridgehead atoms. The van der Waals surface area contributed by atoms with Gasteiger partial charge in [0.25, 0.3) is 0 Å². The molecule has 1 unspecified atom stereocenters. The molecule has 0 saturated carbocycles. The normalized spacial score (nSPS) is 19.4. The molecule has 2 rings (SSSR count). The molecular formula is C16H24N2O4S. The van der Waals surface area contributed by atoms with E-state index in [4.69, 9.17) is 0 Å². The van der Waals surface area contributed by atoms with Crippen molar-refractivity contribution in [2.75, 3.05) is 17.6 Å². The summed E-state index contributed by atoms with van der Waals surface area (Å²) in [5.74, 6) is -0.340. The standard InChI is InChI=1S/C16H24N2O4S/c1-2-3-12-23(21,22)18-11-7-6-9-14(18)16(20)17-13-8-4-5-10-15(13)19/h4-5,8,10,14,19H,2-3,6-7,9,11-12H2,1H3,(H,17,20). The van der Waals surface area contributed by atoms with Crippen LogP contribution in [0.15, 0.2) is 24.3 Å². The predicted molar refractivity (Wildman–Crippen MR) is 89.8 cm³/mol. The van der Waals surface area contributed by atoms with E-state index in [1.807, 2.05) is 6.92 Å². The van der Waals surface area contributed by atoms with Crippen LogP contribution < -0.4 is 5.32 Å². The van der Waals surface area contributed by atoms with Crippen LogP contribution in [-0.4, -0.2) is 42.1 Å². The minimum absolute atomic E-state index is 0.0305. The van der Waals surface area contributed by atoms with E-state index in [-0.39, 0.29) is 17.4 Å². The second-order valence-electron chi connectivity index (χ2n) is 5.80. The van der Waals surface area contributed by atoms with Crippen molar-refractivity contribution in [3.63, 3.8) is 0 Å². The number of hydrogen-bond acceptors (Lipinski definition) is 4. The summed E-state index contributed by atoms with van der Waals surface area (Å²) in [6.07, 6.45) is 3.48. The topological polar surface area (TPSA) is 86.7 Å². The van der Waals surface area contributed by atoms with Crippen LogP contribution in [0.4, 0.5) is 5.69 Å². The van der Waals surface area contributed by atoms with Crippen molar-refractivity contribution in [3.8, 4) is 5.75 Å². The summed E-state index contributed by atoms with van der Waals surface area (Å²) in [5.41, 5.74) is 0.300. The van der Waals surface area contributed by atoms with Gasteiger partial charge >= 0.3 is 0 Å². The minimum atomic E-state index is -3.43. The number of benzene rings is 1. The summed E-state index contributed by atoms with van der Waals surface area (Å²) >= 11 is 0. The number of piperidine rings is 1. The Labute approximate surface area is 137 Å². The zero-order valence-corrected chi connectivity index (χ0v) is 14.2. The molecule has 6 nitrogen and oxygen atoms in total. The first kappa shape index (κ1) is 17.7. The van der Waals surface area contributed by atoms with Gasteiger partial charge in [-0.25, -0.2) is 8.42 Å². The summed E-state index contributed by atoms with van der Waals surface area (Å²) in [6.45, 7) is 2.32. The third kappa shape index (κ3) is 4.45. The number of unbranched alkanes of at least 4 members (excludes halogenated alkanes) is 1. The van der Waals surface area contributed by atoms with E-state index in [2.05, 4.69) is 5.32 Å². The fraction of sp³-hybridized carbons (Fsp3) is 0.562. The molecule has 1 aromatic rings. The number of nitrogens with zero attached hydrogens (tertiary/aromatic N) is 1.